The van der Waals surface area contributed by atoms with E-state index in [2.05, 4.69) is 37.9 Å². The highest BCUT2D eigenvalue weighted by atomic mass is 16.5. The molecule has 3 atom stereocenters. The maximum absolute atomic E-state index is 12.3. The number of ether oxygens (including phenoxy) is 1. The summed E-state index contributed by atoms with van der Waals surface area (Å²) >= 11 is 0. The van der Waals surface area contributed by atoms with Crippen LogP contribution in [0.25, 0.3) is 0 Å². The van der Waals surface area contributed by atoms with Crippen molar-refractivity contribution >= 4 is 5.97 Å². The molecule has 0 saturated carbocycles. The Bertz CT molecular complexity index is 430. The molecular weight excluding hydrogens is 262 g/mol. The zero-order valence-electron chi connectivity index (χ0n) is 13.3. The Hall–Kier alpha value is -1.61. The van der Waals surface area contributed by atoms with E-state index >= 15 is 0 Å². The molecule has 0 heterocycles. The minimum atomic E-state index is -0.366. The molecule has 0 aromatic heterocycles. The lowest BCUT2D eigenvalue weighted by molar-refractivity contribution is -0.147. The quantitative estimate of drug-likeness (QED) is 0.426. The molecule has 116 valence electrons. The monoisotopic (exact) mass is 289 g/mol. The van der Waals surface area contributed by atoms with Gasteiger partial charge < -0.3 is 4.74 Å². The van der Waals surface area contributed by atoms with Crippen molar-refractivity contribution in [3.8, 4) is 0 Å². The lowest BCUT2D eigenvalue weighted by Gasteiger charge is -2.25. The van der Waals surface area contributed by atoms with E-state index in [0.717, 1.165) is 18.4 Å². The average molecular weight is 289 g/mol. The third-order valence-electron chi connectivity index (χ3n) is 3.62. The molecule has 0 fully saturated rings. The Balaban J connectivity index is 2.69. The van der Waals surface area contributed by atoms with Crippen molar-refractivity contribution in [2.45, 2.75) is 45.7 Å². The predicted molar refractivity (Wildman–Crippen MR) is 87.0 cm³/mol. The van der Waals surface area contributed by atoms with Crippen LogP contribution in [-0.4, -0.2) is 18.6 Å². The van der Waals surface area contributed by atoms with Gasteiger partial charge in [-0.15, -0.1) is 6.58 Å². The minimum Gasteiger partial charge on any atom is -0.465 e. The molecule has 0 bridgehead atoms. The molecule has 0 aliphatic rings. The normalized spacial score (nSPS) is 15.0. The fourth-order valence-electron chi connectivity index (χ4n) is 2.08. The van der Waals surface area contributed by atoms with Crippen LogP contribution in [-0.2, 0) is 9.53 Å². The van der Waals surface area contributed by atoms with E-state index in [9.17, 15) is 4.79 Å². The summed E-state index contributed by atoms with van der Waals surface area (Å²) < 4.78 is 5.36. The molecule has 0 saturated heterocycles. The first-order chi connectivity index (χ1) is 10.1. The van der Waals surface area contributed by atoms with Gasteiger partial charge in [0, 0.05) is 6.04 Å². The van der Waals surface area contributed by atoms with Crippen LogP contribution in [0.1, 0.15) is 45.2 Å². The van der Waals surface area contributed by atoms with E-state index in [-0.39, 0.29) is 24.0 Å². The summed E-state index contributed by atoms with van der Waals surface area (Å²) in [6.07, 6.45) is 3.70. The van der Waals surface area contributed by atoms with Gasteiger partial charge in [-0.25, -0.2) is 0 Å². The van der Waals surface area contributed by atoms with Crippen LogP contribution in [0.5, 0.6) is 0 Å². The van der Waals surface area contributed by atoms with E-state index in [4.69, 9.17) is 4.74 Å². The summed E-state index contributed by atoms with van der Waals surface area (Å²) in [6.45, 7) is 10.4. The van der Waals surface area contributed by atoms with Crippen LogP contribution < -0.4 is 5.32 Å². The number of hydrogen-bond donors (Lipinski definition) is 1. The summed E-state index contributed by atoms with van der Waals surface area (Å²) in [7, 11) is 0. The number of carbonyl (C=O) groups excluding carboxylic acids is 1. The number of esters is 1. The van der Waals surface area contributed by atoms with Crippen LogP contribution >= 0.6 is 0 Å². The van der Waals surface area contributed by atoms with Gasteiger partial charge in [0.1, 0.15) is 6.04 Å². The highest BCUT2D eigenvalue weighted by molar-refractivity contribution is 5.76. The van der Waals surface area contributed by atoms with E-state index < -0.39 is 0 Å². The third kappa shape index (κ3) is 5.72. The van der Waals surface area contributed by atoms with E-state index in [1.807, 2.05) is 25.1 Å². The van der Waals surface area contributed by atoms with Crippen LogP contribution in [0.2, 0.25) is 0 Å². The fourth-order valence-corrected chi connectivity index (χ4v) is 2.08. The van der Waals surface area contributed by atoms with Gasteiger partial charge in [0.25, 0.3) is 0 Å². The molecule has 1 rings (SSSR count). The van der Waals surface area contributed by atoms with Gasteiger partial charge in [-0.1, -0.05) is 56.7 Å². The Morgan fingerprint density at radius 2 is 2.00 bits per heavy atom. The lowest BCUT2D eigenvalue weighted by atomic mass is 9.99. The van der Waals surface area contributed by atoms with E-state index in [0.29, 0.717) is 6.61 Å². The number of benzene rings is 1. The Morgan fingerprint density at radius 3 is 2.57 bits per heavy atom. The summed E-state index contributed by atoms with van der Waals surface area (Å²) in [6, 6.07) is 9.80. The van der Waals surface area contributed by atoms with E-state index in [1.165, 1.54) is 0 Å². The summed E-state index contributed by atoms with van der Waals surface area (Å²) in [5.41, 5.74) is 1.15. The maximum atomic E-state index is 12.3. The van der Waals surface area contributed by atoms with Crippen LogP contribution in [0.3, 0.4) is 0 Å². The molecule has 0 aliphatic carbocycles. The molecule has 0 amide bonds. The highest BCUT2D eigenvalue weighted by Gasteiger charge is 2.26. The second-order valence-corrected chi connectivity index (χ2v) is 5.39. The van der Waals surface area contributed by atoms with Gasteiger partial charge in [-0.2, -0.15) is 0 Å². The molecule has 21 heavy (non-hydrogen) atoms. The van der Waals surface area contributed by atoms with Crippen molar-refractivity contribution in [3.05, 3.63) is 48.6 Å². The summed E-state index contributed by atoms with van der Waals surface area (Å²) in [4.78, 5) is 12.3. The Kier molecular flexibility index (Phi) is 7.76. The van der Waals surface area contributed by atoms with Crippen molar-refractivity contribution in [1.29, 1.82) is 0 Å². The Labute approximate surface area is 128 Å². The number of hydrogen-bond acceptors (Lipinski definition) is 3. The van der Waals surface area contributed by atoms with Crippen molar-refractivity contribution in [2.75, 3.05) is 6.61 Å². The van der Waals surface area contributed by atoms with E-state index in [1.54, 1.807) is 6.08 Å². The number of unbranched alkanes of at least 4 members (excludes halogenated alkanes) is 1. The number of carbonyl (C=O) groups is 1. The molecule has 0 aliphatic heterocycles. The van der Waals surface area contributed by atoms with Gasteiger partial charge in [-0.3, -0.25) is 10.1 Å². The second-order valence-electron chi connectivity index (χ2n) is 5.39. The molecular formula is C18H27NO2. The van der Waals surface area contributed by atoms with Crippen LogP contribution in [0, 0.1) is 5.92 Å². The smallest absolute Gasteiger partial charge is 0.323 e. The average Bonchev–Trinajstić information content (AvgIpc) is 2.52. The third-order valence-corrected chi connectivity index (χ3v) is 3.62. The second kappa shape index (κ2) is 9.35. The van der Waals surface area contributed by atoms with Crippen LogP contribution in [0.15, 0.2) is 43.0 Å². The van der Waals surface area contributed by atoms with Crippen molar-refractivity contribution < 1.29 is 9.53 Å². The van der Waals surface area contributed by atoms with Gasteiger partial charge >= 0.3 is 5.97 Å². The van der Waals surface area contributed by atoms with Crippen molar-refractivity contribution in [1.82, 2.24) is 5.32 Å². The van der Waals surface area contributed by atoms with Crippen molar-refractivity contribution in [2.24, 2.45) is 5.92 Å². The molecule has 3 nitrogen and oxygen atoms in total. The zero-order valence-corrected chi connectivity index (χ0v) is 13.3. The summed E-state index contributed by atoms with van der Waals surface area (Å²) in [5, 5.41) is 3.36. The fraction of sp³-hybridized carbons (Fsp3) is 0.500. The first-order valence-corrected chi connectivity index (χ1v) is 7.70. The summed E-state index contributed by atoms with van der Waals surface area (Å²) in [5.74, 6) is -0.177. The predicted octanol–water partition coefficient (Wildman–Crippen LogP) is 3.87. The van der Waals surface area contributed by atoms with Crippen molar-refractivity contribution in [3.63, 3.8) is 0 Å². The first-order valence-electron chi connectivity index (χ1n) is 7.70. The van der Waals surface area contributed by atoms with Gasteiger partial charge in [0.2, 0.25) is 0 Å². The number of rotatable bonds is 9. The molecule has 1 N–H and O–H groups in total. The Morgan fingerprint density at radius 1 is 1.33 bits per heavy atom. The minimum absolute atomic E-state index is 0.0188. The maximum Gasteiger partial charge on any atom is 0.323 e. The van der Waals surface area contributed by atoms with Crippen LogP contribution in [0.4, 0.5) is 0 Å². The standard InChI is InChI=1S/C18H27NO2/c1-5-7-13-21-18(20)17(14(3)6-2)19-15(4)16-11-9-8-10-12-16/h6,8-12,14-15,17,19H,2,5,7,13H2,1,3-4H3/t14-,15+,17+/m1/s1. The molecule has 1 aromatic carbocycles. The first kappa shape index (κ1) is 17.4. The van der Waals surface area contributed by atoms with Gasteiger partial charge in [-0.05, 0) is 24.8 Å². The lowest BCUT2D eigenvalue weighted by Crippen LogP contribution is -2.43. The van der Waals surface area contributed by atoms with Gasteiger partial charge in [0.15, 0.2) is 0 Å². The molecule has 0 unspecified atom stereocenters. The molecule has 0 radical (unpaired) electrons. The highest BCUT2D eigenvalue weighted by Crippen LogP contribution is 2.16. The number of nitrogens with one attached hydrogen (secondary N) is 1. The largest absolute Gasteiger partial charge is 0.465 e. The topological polar surface area (TPSA) is 38.3 Å². The molecule has 3 heteroatoms. The SMILES string of the molecule is C=C[C@@H](C)[C@H](N[C@@H](C)c1ccccc1)C(=O)OCCCC. The van der Waals surface area contributed by atoms with Gasteiger partial charge in [0.05, 0.1) is 6.61 Å². The molecule has 0 spiro atoms. The zero-order chi connectivity index (χ0) is 15.7. The molecule has 1 aromatic rings.